The predicted molar refractivity (Wildman–Crippen MR) is 114 cm³/mol. The number of alkyl halides is 2. The van der Waals surface area contributed by atoms with Crippen molar-refractivity contribution in [3.8, 4) is 5.75 Å². The Labute approximate surface area is 185 Å². The molecule has 1 atom stereocenters. The fourth-order valence-electron chi connectivity index (χ4n) is 2.76. The van der Waals surface area contributed by atoms with Gasteiger partial charge in [-0.3, -0.25) is 4.79 Å². The molecule has 32 heavy (non-hydrogen) atoms. The summed E-state index contributed by atoms with van der Waals surface area (Å²) in [6.07, 6.45) is -0.937. The summed E-state index contributed by atoms with van der Waals surface area (Å²) < 4.78 is 43.1. The number of carbonyl (C=O) groups is 2. The van der Waals surface area contributed by atoms with Gasteiger partial charge < -0.3 is 19.9 Å². The number of aliphatic carboxylic acids is 1. The second-order valence-electron chi connectivity index (χ2n) is 7.71. The van der Waals surface area contributed by atoms with Gasteiger partial charge in [0.25, 0.3) is 5.91 Å². The second-order valence-corrected chi connectivity index (χ2v) is 7.71. The molecule has 0 aromatic heterocycles. The molecule has 0 spiro atoms. The number of benzene rings is 2. The van der Waals surface area contributed by atoms with Gasteiger partial charge in [0.2, 0.25) is 6.93 Å². The third kappa shape index (κ3) is 9.38. The number of carboxylic acid groups (broad SMARTS) is 1. The maximum Gasteiger partial charge on any atom is 0.333 e. The van der Waals surface area contributed by atoms with Crippen molar-refractivity contribution in [3.05, 3.63) is 65.0 Å². The van der Waals surface area contributed by atoms with Crippen LogP contribution < -0.4 is 10.1 Å². The number of hydrogen-bond donors (Lipinski definition) is 2. The van der Waals surface area contributed by atoms with Gasteiger partial charge in [-0.15, -0.1) is 0 Å². The summed E-state index contributed by atoms with van der Waals surface area (Å²) in [6, 6.07) is 10.7. The van der Waals surface area contributed by atoms with Crippen LogP contribution in [0.25, 0.3) is 0 Å². The lowest BCUT2D eigenvalue weighted by molar-refractivity contribution is -0.159. The van der Waals surface area contributed by atoms with Crippen molar-refractivity contribution >= 4 is 11.9 Å². The molecular formula is C23H28F3NO5. The smallest absolute Gasteiger partial charge is 0.333 e. The average Bonchev–Trinajstić information content (AvgIpc) is 2.72. The summed E-state index contributed by atoms with van der Waals surface area (Å²) in [5.41, 5.74) is 1.05. The Balaban J connectivity index is 0.00000161. The molecule has 1 amide bonds. The highest BCUT2D eigenvalue weighted by Crippen LogP contribution is 2.22. The van der Waals surface area contributed by atoms with E-state index in [-0.39, 0.29) is 30.3 Å². The van der Waals surface area contributed by atoms with E-state index in [9.17, 15) is 27.9 Å². The molecule has 0 radical (unpaired) electrons. The number of ether oxygens (including phenoxy) is 2. The van der Waals surface area contributed by atoms with Crippen LogP contribution in [0, 0.1) is 5.82 Å². The van der Waals surface area contributed by atoms with Crippen molar-refractivity contribution in [1.82, 2.24) is 5.32 Å². The zero-order chi connectivity index (χ0) is 24.3. The second kappa shape index (κ2) is 12.7. The number of hydrogen-bond acceptors (Lipinski definition) is 4. The van der Waals surface area contributed by atoms with Gasteiger partial charge in [0.05, 0.1) is 18.3 Å². The highest BCUT2D eigenvalue weighted by molar-refractivity contribution is 5.97. The van der Waals surface area contributed by atoms with E-state index in [1.807, 2.05) is 0 Å². The largest absolute Gasteiger partial charge is 0.496 e. The highest BCUT2D eigenvalue weighted by Gasteiger charge is 2.26. The molecule has 0 saturated heterocycles. The van der Waals surface area contributed by atoms with Crippen molar-refractivity contribution in [2.75, 3.05) is 14.0 Å². The van der Waals surface area contributed by atoms with Crippen LogP contribution >= 0.6 is 0 Å². The first-order valence-corrected chi connectivity index (χ1v) is 9.72. The quantitative estimate of drug-likeness (QED) is 0.614. The third-order valence-electron chi connectivity index (χ3n) is 4.07. The minimum absolute atomic E-state index is 0.106. The fraction of sp³-hybridized carbons (Fsp3) is 0.391. The van der Waals surface area contributed by atoms with Crippen LogP contribution in [0.15, 0.2) is 42.5 Å². The molecule has 0 aliphatic carbocycles. The standard InChI is InChI=1S/C22H26FNO5.CH2F2/c1-22(2,3)29-19(21(26)27)12-15-7-10-18(28-4)17(11-15)20(25)24-13-14-5-8-16(23)9-6-14;2-1-3/h5-11,19H,12-13H2,1-4H3,(H,24,25)(H,26,27);1H2. The molecule has 2 aromatic carbocycles. The van der Waals surface area contributed by atoms with Crippen LogP contribution in [-0.4, -0.2) is 42.7 Å². The van der Waals surface area contributed by atoms with E-state index in [0.717, 1.165) is 5.56 Å². The molecule has 2 N–H and O–H groups in total. The third-order valence-corrected chi connectivity index (χ3v) is 4.07. The van der Waals surface area contributed by atoms with Crippen molar-refractivity contribution in [3.63, 3.8) is 0 Å². The maximum atomic E-state index is 13.0. The van der Waals surface area contributed by atoms with E-state index >= 15 is 0 Å². The molecular weight excluding hydrogens is 427 g/mol. The Kier molecular flexibility index (Phi) is 10.7. The van der Waals surface area contributed by atoms with E-state index < -0.39 is 24.6 Å². The molecule has 176 valence electrons. The van der Waals surface area contributed by atoms with Gasteiger partial charge in [-0.1, -0.05) is 18.2 Å². The van der Waals surface area contributed by atoms with Crippen LogP contribution in [0.2, 0.25) is 0 Å². The monoisotopic (exact) mass is 455 g/mol. The molecule has 9 heteroatoms. The molecule has 0 aliphatic heterocycles. The summed E-state index contributed by atoms with van der Waals surface area (Å²) in [5, 5.41) is 12.2. The number of rotatable bonds is 8. The summed E-state index contributed by atoms with van der Waals surface area (Å²) in [7, 11) is 1.45. The first kappa shape index (κ1) is 27.0. The Morgan fingerprint density at radius 2 is 1.62 bits per heavy atom. The molecule has 0 saturated carbocycles. The van der Waals surface area contributed by atoms with Gasteiger partial charge in [-0.05, 0) is 56.2 Å². The normalized spacial score (nSPS) is 11.7. The summed E-state index contributed by atoms with van der Waals surface area (Å²) in [4.78, 5) is 24.2. The number of carbonyl (C=O) groups excluding carboxylic acids is 1. The molecule has 0 heterocycles. The average molecular weight is 455 g/mol. The summed E-state index contributed by atoms with van der Waals surface area (Å²) >= 11 is 0. The Morgan fingerprint density at radius 3 is 2.12 bits per heavy atom. The van der Waals surface area contributed by atoms with Gasteiger partial charge in [-0.25, -0.2) is 18.0 Å². The van der Waals surface area contributed by atoms with Crippen LogP contribution in [-0.2, 0) is 22.5 Å². The van der Waals surface area contributed by atoms with E-state index in [4.69, 9.17) is 9.47 Å². The zero-order valence-corrected chi connectivity index (χ0v) is 18.5. The first-order valence-electron chi connectivity index (χ1n) is 9.72. The minimum Gasteiger partial charge on any atom is -0.496 e. The molecule has 2 aromatic rings. The minimum atomic E-state index is -1.75. The molecule has 0 fully saturated rings. The van der Waals surface area contributed by atoms with Crippen LogP contribution in [0.3, 0.4) is 0 Å². The number of nitrogens with one attached hydrogen (secondary N) is 1. The van der Waals surface area contributed by atoms with Crippen LogP contribution in [0.4, 0.5) is 13.2 Å². The summed E-state index contributed by atoms with van der Waals surface area (Å²) in [6.45, 7) is 3.82. The summed E-state index contributed by atoms with van der Waals surface area (Å²) in [5.74, 6) is -1.43. The van der Waals surface area contributed by atoms with E-state index in [2.05, 4.69) is 5.32 Å². The highest BCUT2D eigenvalue weighted by atomic mass is 19.3. The van der Waals surface area contributed by atoms with Gasteiger partial charge in [-0.2, -0.15) is 0 Å². The topological polar surface area (TPSA) is 84.9 Å². The first-order chi connectivity index (χ1) is 15.0. The van der Waals surface area contributed by atoms with E-state index in [1.165, 1.54) is 19.2 Å². The molecule has 6 nitrogen and oxygen atoms in total. The van der Waals surface area contributed by atoms with E-state index in [1.54, 1.807) is 51.1 Å². The van der Waals surface area contributed by atoms with Gasteiger partial charge in [0, 0.05) is 13.0 Å². The van der Waals surface area contributed by atoms with Crippen LogP contribution in [0.1, 0.15) is 42.3 Å². The van der Waals surface area contributed by atoms with Crippen LogP contribution in [0.5, 0.6) is 5.75 Å². The molecule has 1 unspecified atom stereocenters. The van der Waals surface area contributed by atoms with Crippen molar-refractivity contribution in [2.45, 2.75) is 45.4 Å². The zero-order valence-electron chi connectivity index (χ0n) is 18.5. The Morgan fingerprint density at radius 1 is 1.06 bits per heavy atom. The Hall–Kier alpha value is -3.07. The van der Waals surface area contributed by atoms with E-state index in [0.29, 0.717) is 11.3 Å². The lowest BCUT2D eigenvalue weighted by Crippen LogP contribution is -2.34. The number of carboxylic acids is 1. The lowest BCUT2D eigenvalue weighted by Gasteiger charge is -2.25. The molecule has 0 aliphatic rings. The van der Waals surface area contributed by atoms with Crippen molar-refractivity contribution in [1.29, 1.82) is 0 Å². The fourth-order valence-corrected chi connectivity index (χ4v) is 2.76. The van der Waals surface area contributed by atoms with Gasteiger partial charge in [0.15, 0.2) is 6.10 Å². The molecule has 0 bridgehead atoms. The lowest BCUT2D eigenvalue weighted by atomic mass is 10.0. The Bertz CT molecular complexity index is 882. The van der Waals surface area contributed by atoms with Crippen molar-refractivity contribution in [2.24, 2.45) is 0 Å². The van der Waals surface area contributed by atoms with Crippen molar-refractivity contribution < 1.29 is 37.3 Å². The number of amides is 1. The van der Waals surface area contributed by atoms with Gasteiger partial charge in [0.1, 0.15) is 11.6 Å². The molecule has 2 rings (SSSR count). The maximum absolute atomic E-state index is 13.0. The number of methoxy groups -OCH3 is 1. The van der Waals surface area contributed by atoms with Gasteiger partial charge >= 0.3 is 5.97 Å². The predicted octanol–water partition coefficient (Wildman–Crippen LogP) is 4.46. The SMILES string of the molecule is COc1ccc(CC(OC(C)(C)C)C(=O)O)cc1C(=O)NCc1ccc(F)cc1.FCF. The number of halogens is 3.